The number of hydrogen-bond acceptors (Lipinski definition) is 2. The highest BCUT2D eigenvalue weighted by Crippen LogP contribution is 2.24. The summed E-state index contributed by atoms with van der Waals surface area (Å²) < 4.78 is 2.12. The van der Waals surface area contributed by atoms with Crippen molar-refractivity contribution >= 4 is 0 Å². The predicted molar refractivity (Wildman–Crippen MR) is 66.2 cm³/mol. The quantitative estimate of drug-likeness (QED) is 0.828. The van der Waals surface area contributed by atoms with E-state index in [-0.39, 0.29) is 0 Å². The summed E-state index contributed by atoms with van der Waals surface area (Å²) in [5, 5.41) is 8.02. The summed E-state index contributed by atoms with van der Waals surface area (Å²) in [6, 6.07) is 2.84. The molecule has 3 nitrogen and oxygen atoms in total. The number of aromatic nitrogens is 2. The predicted octanol–water partition coefficient (Wildman–Crippen LogP) is 2.57. The maximum absolute atomic E-state index is 4.35. The Balaban J connectivity index is 1.86. The van der Waals surface area contributed by atoms with Crippen molar-refractivity contribution in [3.05, 3.63) is 18.0 Å². The van der Waals surface area contributed by atoms with Crippen LogP contribution in [0.5, 0.6) is 0 Å². The van der Waals surface area contributed by atoms with Crippen molar-refractivity contribution in [1.29, 1.82) is 0 Å². The SMILES string of the molecule is CCCn1nccc1CNC1CCCC1C. The van der Waals surface area contributed by atoms with E-state index >= 15 is 0 Å². The van der Waals surface area contributed by atoms with Crippen LogP contribution >= 0.6 is 0 Å². The maximum Gasteiger partial charge on any atom is 0.0522 e. The first kappa shape index (κ1) is 11.6. The topological polar surface area (TPSA) is 29.9 Å². The Kier molecular flexibility index (Phi) is 3.99. The number of rotatable bonds is 5. The van der Waals surface area contributed by atoms with Crippen molar-refractivity contribution in [1.82, 2.24) is 15.1 Å². The molecule has 2 rings (SSSR count). The monoisotopic (exact) mass is 221 g/mol. The van der Waals surface area contributed by atoms with E-state index in [4.69, 9.17) is 0 Å². The Labute approximate surface area is 98.2 Å². The van der Waals surface area contributed by atoms with Gasteiger partial charge in [0.05, 0.1) is 5.69 Å². The van der Waals surface area contributed by atoms with E-state index in [0.717, 1.165) is 25.4 Å². The van der Waals surface area contributed by atoms with Crippen LogP contribution in [0.3, 0.4) is 0 Å². The van der Waals surface area contributed by atoms with Gasteiger partial charge in [0.15, 0.2) is 0 Å². The van der Waals surface area contributed by atoms with Gasteiger partial charge in [-0.05, 0) is 31.2 Å². The first-order valence-corrected chi connectivity index (χ1v) is 6.55. The molecule has 90 valence electrons. The zero-order chi connectivity index (χ0) is 11.4. The first-order chi connectivity index (χ1) is 7.81. The lowest BCUT2D eigenvalue weighted by molar-refractivity contribution is 0.415. The van der Waals surface area contributed by atoms with Crippen LogP contribution in [0.25, 0.3) is 0 Å². The molecular formula is C13H23N3. The lowest BCUT2D eigenvalue weighted by atomic mass is 10.1. The van der Waals surface area contributed by atoms with Gasteiger partial charge in [-0.25, -0.2) is 0 Å². The van der Waals surface area contributed by atoms with E-state index < -0.39 is 0 Å². The molecule has 1 aromatic rings. The third-order valence-corrected chi connectivity index (χ3v) is 3.65. The minimum Gasteiger partial charge on any atom is -0.308 e. The van der Waals surface area contributed by atoms with Crippen LogP contribution in [-0.4, -0.2) is 15.8 Å². The molecule has 3 heteroatoms. The second kappa shape index (κ2) is 5.48. The van der Waals surface area contributed by atoms with Crippen molar-refractivity contribution in [2.45, 2.75) is 58.7 Å². The minimum atomic E-state index is 0.713. The largest absolute Gasteiger partial charge is 0.308 e. The van der Waals surface area contributed by atoms with E-state index in [0.29, 0.717) is 6.04 Å². The van der Waals surface area contributed by atoms with Crippen LogP contribution in [0, 0.1) is 5.92 Å². The Morgan fingerprint density at radius 2 is 2.38 bits per heavy atom. The van der Waals surface area contributed by atoms with Crippen molar-refractivity contribution in [3.8, 4) is 0 Å². The first-order valence-electron chi connectivity index (χ1n) is 6.55. The molecule has 0 aliphatic heterocycles. The molecule has 0 radical (unpaired) electrons. The van der Waals surface area contributed by atoms with E-state index in [9.17, 15) is 0 Å². The van der Waals surface area contributed by atoms with E-state index in [2.05, 4.69) is 35.0 Å². The fourth-order valence-electron chi connectivity index (χ4n) is 2.61. The third kappa shape index (κ3) is 2.64. The van der Waals surface area contributed by atoms with Crippen LogP contribution in [-0.2, 0) is 13.1 Å². The minimum absolute atomic E-state index is 0.713. The summed E-state index contributed by atoms with van der Waals surface area (Å²) in [5.74, 6) is 0.836. The summed E-state index contributed by atoms with van der Waals surface area (Å²) in [4.78, 5) is 0. The van der Waals surface area contributed by atoms with E-state index in [1.165, 1.54) is 25.0 Å². The highest BCUT2D eigenvalue weighted by Gasteiger charge is 2.22. The lowest BCUT2D eigenvalue weighted by Gasteiger charge is -2.17. The molecule has 2 atom stereocenters. The van der Waals surface area contributed by atoms with Gasteiger partial charge < -0.3 is 5.32 Å². The summed E-state index contributed by atoms with van der Waals surface area (Å²) >= 11 is 0. The second-order valence-corrected chi connectivity index (χ2v) is 4.94. The third-order valence-electron chi connectivity index (χ3n) is 3.65. The lowest BCUT2D eigenvalue weighted by Crippen LogP contribution is -2.31. The molecule has 1 aliphatic carbocycles. The van der Waals surface area contributed by atoms with Crippen LogP contribution in [0.4, 0.5) is 0 Å². The Morgan fingerprint density at radius 3 is 3.06 bits per heavy atom. The molecule has 0 aromatic carbocycles. The molecule has 1 saturated carbocycles. The maximum atomic E-state index is 4.35. The Hall–Kier alpha value is -0.830. The van der Waals surface area contributed by atoms with Gasteiger partial charge >= 0.3 is 0 Å². The molecule has 0 saturated heterocycles. The van der Waals surface area contributed by atoms with Gasteiger partial charge in [-0.1, -0.05) is 20.3 Å². The van der Waals surface area contributed by atoms with Crippen molar-refractivity contribution in [3.63, 3.8) is 0 Å². The molecule has 0 spiro atoms. The molecule has 1 N–H and O–H groups in total. The summed E-state index contributed by atoms with van der Waals surface area (Å²) in [5.41, 5.74) is 1.32. The fourth-order valence-corrected chi connectivity index (χ4v) is 2.61. The van der Waals surface area contributed by atoms with Gasteiger partial charge in [-0.3, -0.25) is 4.68 Å². The van der Waals surface area contributed by atoms with Gasteiger partial charge in [0.2, 0.25) is 0 Å². The van der Waals surface area contributed by atoms with Crippen molar-refractivity contribution in [2.75, 3.05) is 0 Å². The highest BCUT2D eigenvalue weighted by atomic mass is 15.3. The zero-order valence-corrected chi connectivity index (χ0v) is 10.4. The average Bonchev–Trinajstić information content (AvgIpc) is 2.86. The van der Waals surface area contributed by atoms with Gasteiger partial charge in [-0.2, -0.15) is 5.10 Å². The molecule has 2 unspecified atom stereocenters. The smallest absolute Gasteiger partial charge is 0.0522 e. The van der Waals surface area contributed by atoms with Crippen molar-refractivity contribution in [2.24, 2.45) is 5.92 Å². The molecule has 1 aromatic heterocycles. The highest BCUT2D eigenvalue weighted by molar-refractivity contribution is 5.00. The van der Waals surface area contributed by atoms with Gasteiger partial charge in [0.25, 0.3) is 0 Å². The van der Waals surface area contributed by atoms with Gasteiger partial charge in [0.1, 0.15) is 0 Å². The molecular weight excluding hydrogens is 198 g/mol. The molecule has 1 heterocycles. The average molecular weight is 221 g/mol. The summed E-state index contributed by atoms with van der Waals surface area (Å²) in [6.45, 7) is 6.55. The normalized spacial score (nSPS) is 25.1. The van der Waals surface area contributed by atoms with Crippen molar-refractivity contribution < 1.29 is 0 Å². The number of nitrogens with one attached hydrogen (secondary N) is 1. The number of hydrogen-bond donors (Lipinski definition) is 1. The number of nitrogens with zero attached hydrogens (tertiary/aromatic N) is 2. The van der Waals surface area contributed by atoms with Gasteiger partial charge in [0, 0.05) is 25.3 Å². The molecule has 0 bridgehead atoms. The molecule has 1 fully saturated rings. The van der Waals surface area contributed by atoms with Crippen LogP contribution in [0.15, 0.2) is 12.3 Å². The summed E-state index contributed by atoms with van der Waals surface area (Å²) in [6.07, 6.45) is 7.15. The number of aryl methyl sites for hydroxylation is 1. The fraction of sp³-hybridized carbons (Fsp3) is 0.769. The summed E-state index contributed by atoms with van der Waals surface area (Å²) in [7, 11) is 0. The molecule has 0 amide bonds. The standard InChI is InChI=1S/C13H23N3/c1-3-9-16-12(7-8-15-16)10-14-13-6-4-5-11(13)2/h7-8,11,13-14H,3-6,9-10H2,1-2H3. The molecule has 16 heavy (non-hydrogen) atoms. The van der Waals surface area contributed by atoms with Crippen LogP contribution < -0.4 is 5.32 Å². The Bertz CT molecular complexity index is 319. The van der Waals surface area contributed by atoms with Gasteiger partial charge in [-0.15, -0.1) is 0 Å². The zero-order valence-electron chi connectivity index (χ0n) is 10.4. The Morgan fingerprint density at radius 1 is 1.50 bits per heavy atom. The van der Waals surface area contributed by atoms with E-state index in [1.54, 1.807) is 0 Å². The van der Waals surface area contributed by atoms with E-state index in [1.807, 2.05) is 6.20 Å². The van der Waals surface area contributed by atoms with Crippen LogP contribution in [0.2, 0.25) is 0 Å². The van der Waals surface area contributed by atoms with Crippen LogP contribution in [0.1, 0.15) is 45.2 Å². The molecule has 1 aliphatic rings. The second-order valence-electron chi connectivity index (χ2n) is 4.94.